The number of piperidine rings is 1. The molecule has 0 unspecified atom stereocenters. The van der Waals surface area contributed by atoms with Crippen LogP contribution in [0.1, 0.15) is 36.2 Å². The third kappa shape index (κ3) is 2.70. The molecular weight excluding hydrogens is 248 g/mol. The van der Waals surface area contributed by atoms with Crippen molar-refractivity contribution in [1.29, 1.82) is 0 Å². The van der Waals surface area contributed by atoms with Crippen LogP contribution in [0.15, 0.2) is 6.20 Å². The lowest BCUT2D eigenvalue weighted by molar-refractivity contribution is 0.0697. The summed E-state index contributed by atoms with van der Waals surface area (Å²) in [6.07, 6.45) is 6.23. The number of nitrogens with zero attached hydrogens (tertiary/aromatic N) is 3. The summed E-state index contributed by atoms with van der Waals surface area (Å²) in [4.78, 5) is 14.4. The van der Waals surface area contributed by atoms with Gasteiger partial charge in [-0.3, -0.25) is 4.79 Å². The highest BCUT2D eigenvalue weighted by atomic mass is 32.1. The molecule has 1 saturated carbocycles. The van der Waals surface area contributed by atoms with E-state index in [4.69, 9.17) is 0 Å². The standard InChI is InChI=1S/C12H18N4OS/c17-12(11-7-14-18-15-11)16(10-1-2-10)8-9-3-5-13-6-4-9/h7,9-10,13H,1-6,8H2. The van der Waals surface area contributed by atoms with Crippen LogP contribution in [0.3, 0.4) is 0 Å². The molecule has 1 N–H and O–H groups in total. The van der Waals surface area contributed by atoms with Crippen LogP contribution >= 0.6 is 11.7 Å². The largest absolute Gasteiger partial charge is 0.334 e. The molecule has 0 aromatic carbocycles. The van der Waals surface area contributed by atoms with E-state index in [0.717, 1.165) is 44.2 Å². The van der Waals surface area contributed by atoms with E-state index >= 15 is 0 Å². The predicted molar refractivity (Wildman–Crippen MR) is 69.6 cm³/mol. The Morgan fingerprint density at radius 1 is 1.39 bits per heavy atom. The normalized spacial score (nSPS) is 20.9. The van der Waals surface area contributed by atoms with E-state index in [0.29, 0.717) is 17.7 Å². The summed E-state index contributed by atoms with van der Waals surface area (Å²) in [7, 11) is 0. The van der Waals surface area contributed by atoms with Crippen molar-refractivity contribution in [3.8, 4) is 0 Å². The zero-order chi connectivity index (χ0) is 12.4. The number of carbonyl (C=O) groups excluding carboxylic acids is 1. The fourth-order valence-corrected chi connectivity index (χ4v) is 2.94. The van der Waals surface area contributed by atoms with Crippen molar-refractivity contribution in [3.05, 3.63) is 11.9 Å². The molecule has 1 aliphatic heterocycles. The molecular formula is C12H18N4OS. The Hall–Kier alpha value is -1.01. The lowest BCUT2D eigenvalue weighted by atomic mass is 9.97. The van der Waals surface area contributed by atoms with Crippen LogP contribution in [-0.4, -0.2) is 45.2 Å². The Bertz CT molecular complexity index is 398. The van der Waals surface area contributed by atoms with Gasteiger partial charge in [-0.15, -0.1) is 0 Å². The van der Waals surface area contributed by atoms with Crippen LogP contribution in [0.25, 0.3) is 0 Å². The Morgan fingerprint density at radius 2 is 2.17 bits per heavy atom. The quantitative estimate of drug-likeness (QED) is 0.888. The van der Waals surface area contributed by atoms with Crippen LogP contribution in [0.4, 0.5) is 0 Å². The van der Waals surface area contributed by atoms with E-state index in [2.05, 4.69) is 14.1 Å². The van der Waals surface area contributed by atoms with Crippen molar-refractivity contribution in [2.75, 3.05) is 19.6 Å². The van der Waals surface area contributed by atoms with E-state index in [1.807, 2.05) is 4.90 Å². The number of carbonyl (C=O) groups is 1. The molecule has 3 rings (SSSR count). The maximum atomic E-state index is 12.4. The van der Waals surface area contributed by atoms with Gasteiger partial charge in [0.15, 0.2) is 5.69 Å². The minimum atomic E-state index is 0.0739. The first-order chi connectivity index (χ1) is 8.84. The molecule has 5 nitrogen and oxygen atoms in total. The number of hydrogen-bond donors (Lipinski definition) is 1. The Labute approximate surface area is 111 Å². The highest BCUT2D eigenvalue weighted by Crippen LogP contribution is 2.30. The molecule has 1 saturated heterocycles. The summed E-state index contributed by atoms with van der Waals surface area (Å²) in [5.74, 6) is 0.715. The lowest BCUT2D eigenvalue weighted by Crippen LogP contribution is -2.40. The van der Waals surface area contributed by atoms with Crippen molar-refractivity contribution < 1.29 is 4.79 Å². The molecule has 0 radical (unpaired) electrons. The fraction of sp³-hybridized carbons (Fsp3) is 0.750. The van der Waals surface area contributed by atoms with Crippen LogP contribution in [0, 0.1) is 5.92 Å². The molecule has 1 amide bonds. The molecule has 0 spiro atoms. The maximum Gasteiger partial charge on any atom is 0.275 e. The van der Waals surface area contributed by atoms with Crippen LogP contribution in [-0.2, 0) is 0 Å². The average molecular weight is 266 g/mol. The van der Waals surface area contributed by atoms with Crippen molar-refractivity contribution in [2.24, 2.45) is 5.92 Å². The molecule has 0 atom stereocenters. The van der Waals surface area contributed by atoms with E-state index in [1.165, 1.54) is 12.8 Å². The summed E-state index contributed by atoms with van der Waals surface area (Å²) in [6, 6.07) is 0.453. The van der Waals surface area contributed by atoms with Gasteiger partial charge >= 0.3 is 0 Å². The van der Waals surface area contributed by atoms with E-state index in [-0.39, 0.29) is 5.91 Å². The monoisotopic (exact) mass is 266 g/mol. The number of hydrogen-bond acceptors (Lipinski definition) is 5. The molecule has 1 aromatic rings. The third-order valence-electron chi connectivity index (χ3n) is 3.74. The van der Waals surface area contributed by atoms with Gasteiger partial charge < -0.3 is 10.2 Å². The SMILES string of the molecule is O=C(c1cnsn1)N(CC1CCNCC1)C1CC1. The number of rotatable bonds is 4. The third-order valence-corrected chi connectivity index (χ3v) is 4.22. The van der Waals surface area contributed by atoms with Gasteiger partial charge in [0.1, 0.15) is 0 Å². The summed E-state index contributed by atoms with van der Waals surface area (Å²) in [5.41, 5.74) is 0.515. The molecule has 1 aliphatic carbocycles. The first-order valence-corrected chi connectivity index (χ1v) is 7.37. The molecule has 98 valence electrons. The molecule has 2 heterocycles. The molecule has 2 aliphatic rings. The van der Waals surface area contributed by atoms with Crippen LogP contribution in [0.2, 0.25) is 0 Å². The molecule has 2 fully saturated rings. The topological polar surface area (TPSA) is 58.1 Å². The summed E-state index contributed by atoms with van der Waals surface area (Å²) in [6.45, 7) is 3.05. The van der Waals surface area contributed by atoms with Gasteiger partial charge in [-0.05, 0) is 44.7 Å². The smallest absolute Gasteiger partial charge is 0.275 e. The average Bonchev–Trinajstić information content (AvgIpc) is 3.10. The van der Waals surface area contributed by atoms with Crippen LogP contribution < -0.4 is 5.32 Å². The van der Waals surface area contributed by atoms with Gasteiger partial charge in [-0.25, -0.2) is 0 Å². The molecule has 6 heteroatoms. The summed E-state index contributed by atoms with van der Waals surface area (Å²) >= 11 is 1.11. The minimum Gasteiger partial charge on any atom is -0.334 e. The summed E-state index contributed by atoms with van der Waals surface area (Å²) in [5, 5.41) is 3.37. The summed E-state index contributed by atoms with van der Waals surface area (Å²) < 4.78 is 7.99. The number of amides is 1. The fourth-order valence-electron chi connectivity index (χ4n) is 2.53. The Morgan fingerprint density at radius 3 is 2.78 bits per heavy atom. The van der Waals surface area contributed by atoms with Crippen LogP contribution in [0.5, 0.6) is 0 Å². The van der Waals surface area contributed by atoms with Crippen molar-refractivity contribution >= 4 is 17.6 Å². The molecule has 18 heavy (non-hydrogen) atoms. The first-order valence-electron chi connectivity index (χ1n) is 6.64. The number of nitrogens with one attached hydrogen (secondary N) is 1. The first kappa shape index (κ1) is 12.0. The zero-order valence-electron chi connectivity index (χ0n) is 10.3. The molecule has 1 aromatic heterocycles. The highest BCUT2D eigenvalue weighted by Gasteiger charge is 2.35. The van der Waals surface area contributed by atoms with Gasteiger partial charge in [-0.2, -0.15) is 8.75 Å². The second-order valence-corrected chi connectivity index (χ2v) is 5.73. The van der Waals surface area contributed by atoms with Crippen molar-refractivity contribution in [3.63, 3.8) is 0 Å². The molecule has 0 bridgehead atoms. The van der Waals surface area contributed by atoms with Gasteiger partial charge in [0.2, 0.25) is 0 Å². The second kappa shape index (κ2) is 5.32. The van der Waals surface area contributed by atoms with Gasteiger partial charge in [0.05, 0.1) is 17.9 Å². The van der Waals surface area contributed by atoms with E-state index < -0.39 is 0 Å². The van der Waals surface area contributed by atoms with Gasteiger partial charge in [0.25, 0.3) is 5.91 Å². The van der Waals surface area contributed by atoms with E-state index in [9.17, 15) is 4.79 Å². The number of aromatic nitrogens is 2. The second-order valence-electron chi connectivity index (χ2n) is 5.17. The Kier molecular flexibility index (Phi) is 3.56. The Balaban J connectivity index is 1.66. The van der Waals surface area contributed by atoms with Crippen molar-refractivity contribution in [2.45, 2.75) is 31.7 Å². The highest BCUT2D eigenvalue weighted by molar-refractivity contribution is 6.99. The maximum absolute atomic E-state index is 12.4. The zero-order valence-corrected chi connectivity index (χ0v) is 11.2. The lowest BCUT2D eigenvalue weighted by Gasteiger charge is -2.29. The predicted octanol–water partition coefficient (Wildman–Crippen LogP) is 1.14. The van der Waals surface area contributed by atoms with Gasteiger partial charge in [-0.1, -0.05) is 0 Å². The van der Waals surface area contributed by atoms with E-state index in [1.54, 1.807) is 6.20 Å². The van der Waals surface area contributed by atoms with Gasteiger partial charge in [0, 0.05) is 12.6 Å². The minimum absolute atomic E-state index is 0.0739. The van der Waals surface area contributed by atoms with Crippen molar-refractivity contribution in [1.82, 2.24) is 19.0 Å².